The lowest BCUT2D eigenvalue weighted by Gasteiger charge is -2.13. The molecule has 1 heterocycles. The van der Waals surface area contributed by atoms with Crippen LogP contribution in [0.1, 0.15) is 46.9 Å². The lowest BCUT2D eigenvalue weighted by atomic mass is 10.0. The van der Waals surface area contributed by atoms with Crippen molar-refractivity contribution in [2.75, 3.05) is 10.6 Å². The summed E-state index contributed by atoms with van der Waals surface area (Å²) < 4.78 is 42.4. The van der Waals surface area contributed by atoms with Crippen LogP contribution in [-0.4, -0.2) is 34.3 Å². The van der Waals surface area contributed by atoms with Crippen LogP contribution in [0.15, 0.2) is 78.0 Å². The minimum atomic E-state index is -4.82. The summed E-state index contributed by atoms with van der Waals surface area (Å²) in [6.45, 7) is 5.75. The molecule has 9 nitrogen and oxygen atoms in total. The van der Waals surface area contributed by atoms with E-state index >= 15 is 0 Å². The molecule has 1 aromatic heterocycles. The average molecular weight is 599 g/mol. The van der Waals surface area contributed by atoms with Gasteiger partial charge in [0.2, 0.25) is 0 Å². The Hall–Kier alpha value is -4.84. The van der Waals surface area contributed by atoms with E-state index in [1.54, 1.807) is 31.3 Å². The number of amides is 3. The Morgan fingerprint density at radius 2 is 1.74 bits per heavy atom. The number of hydrogen-bond acceptors (Lipinski definition) is 5. The fraction of sp³-hybridized carbons (Fsp3) is 0.172. The maximum absolute atomic E-state index is 12.6. The molecule has 0 aliphatic heterocycles. The van der Waals surface area contributed by atoms with Gasteiger partial charge in [-0.05, 0) is 66.4 Å². The first-order valence-electron chi connectivity index (χ1n) is 12.6. The summed E-state index contributed by atoms with van der Waals surface area (Å²) in [6.07, 6.45) is -1.82. The first-order valence-corrected chi connectivity index (χ1v) is 13.0. The number of ether oxygens (including phenoxy) is 1. The number of para-hydroxylation sites is 1. The number of rotatable bonds is 8. The quantitative estimate of drug-likeness (QED) is 0.146. The highest BCUT2D eigenvalue weighted by atomic mass is 35.5. The topological polar surface area (TPSA) is 110 Å². The maximum Gasteiger partial charge on any atom is 0.573 e. The molecule has 0 bridgehead atoms. The van der Waals surface area contributed by atoms with Gasteiger partial charge in [-0.15, -0.1) is 13.2 Å². The number of urea groups is 1. The molecule has 3 amide bonds. The van der Waals surface area contributed by atoms with Crippen LogP contribution < -0.4 is 20.8 Å². The number of anilines is 2. The van der Waals surface area contributed by atoms with Gasteiger partial charge in [0.05, 0.1) is 34.5 Å². The van der Waals surface area contributed by atoms with Gasteiger partial charge in [-0.2, -0.15) is 10.2 Å². The number of nitrogens with zero attached hydrogens (tertiary/aromatic N) is 3. The third kappa shape index (κ3) is 7.88. The standard InChI is InChI=1S/C29H26ClF3N6O3/c1-17(2)22-6-4-5-7-24(22)36-28(41)37-34-15-19-8-13-26(23(30)14-19)39-16-25(18(3)38-39)35-27(40)20-9-11-21(12-10-20)42-29(31,32)33/h4-17H,1-3H3,(H,35,40)(H2,36,37,41)/b34-15+. The van der Waals surface area contributed by atoms with Crippen molar-refractivity contribution in [1.29, 1.82) is 0 Å². The van der Waals surface area contributed by atoms with Crippen LogP contribution in [-0.2, 0) is 0 Å². The molecular formula is C29H26ClF3N6O3. The molecule has 0 atom stereocenters. The Kier molecular flexibility index (Phi) is 9.16. The summed E-state index contributed by atoms with van der Waals surface area (Å²) in [6, 6.07) is 16.6. The van der Waals surface area contributed by atoms with Crippen molar-refractivity contribution in [2.24, 2.45) is 5.10 Å². The molecule has 0 spiro atoms. The first-order chi connectivity index (χ1) is 19.9. The highest BCUT2D eigenvalue weighted by Gasteiger charge is 2.31. The molecule has 0 aliphatic rings. The molecule has 0 saturated heterocycles. The van der Waals surface area contributed by atoms with Crippen LogP contribution in [0.4, 0.5) is 29.3 Å². The molecule has 0 fully saturated rings. The number of carbonyl (C=O) groups excluding carboxylic acids is 2. The number of aromatic nitrogens is 2. The SMILES string of the molecule is Cc1nn(-c2ccc(/C=N/NC(=O)Nc3ccccc3C(C)C)cc2Cl)cc1NC(=O)c1ccc(OC(F)(F)F)cc1. The Bertz CT molecular complexity index is 1620. The van der Waals surface area contributed by atoms with Crippen molar-refractivity contribution in [3.8, 4) is 11.4 Å². The molecule has 0 radical (unpaired) electrons. The monoisotopic (exact) mass is 598 g/mol. The van der Waals surface area contributed by atoms with E-state index in [1.165, 1.54) is 23.0 Å². The molecule has 42 heavy (non-hydrogen) atoms. The lowest BCUT2D eigenvalue weighted by Crippen LogP contribution is -2.24. The van der Waals surface area contributed by atoms with E-state index in [0.717, 1.165) is 17.7 Å². The second-order valence-electron chi connectivity index (χ2n) is 9.38. The molecule has 3 aromatic carbocycles. The molecular weight excluding hydrogens is 573 g/mol. The summed E-state index contributed by atoms with van der Waals surface area (Å²) in [5.74, 6) is -0.741. The van der Waals surface area contributed by atoms with Gasteiger partial charge in [0.25, 0.3) is 5.91 Å². The molecule has 0 aliphatic carbocycles. The summed E-state index contributed by atoms with van der Waals surface area (Å²) in [4.78, 5) is 24.9. The number of benzene rings is 3. The van der Waals surface area contributed by atoms with Gasteiger partial charge in [-0.1, -0.05) is 49.7 Å². The fourth-order valence-corrected chi connectivity index (χ4v) is 4.20. The van der Waals surface area contributed by atoms with Gasteiger partial charge < -0.3 is 15.4 Å². The number of hydrogen-bond donors (Lipinski definition) is 3. The van der Waals surface area contributed by atoms with Crippen molar-refractivity contribution in [3.63, 3.8) is 0 Å². The number of nitrogens with one attached hydrogen (secondary N) is 3. The summed E-state index contributed by atoms with van der Waals surface area (Å²) in [5.41, 5.74) is 6.25. The zero-order valence-electron chi connectivity index (χ0n) is 22.7. The van der Waals surface area contributed by atoms with Gasteiger partial charge in [-0.3, -0.25) is 4.79 Å². The first kappa shape index (κ1) is 30.1. The van der Waals surface area contributed by atoms with Crippen molar-refractivity contribution in [2.45, 2.75) is 33.1 Å². The number of aryl methyl sites for hydroxylation is 1. The predicted molar refractivity (Wildman–Crippen MR) is 155 cm³/mol. The smallest absolute Gasteiger partial charge is 0.406 e. The van der Waals surface area contributed by atoms with Crippen LogP contribution in [0.2, 0.25) is 5.02 Å². The van der Waals surface area contributed by atoms with Gasteiger partial charge in [0.1, 0.15) is 5.75 Å². The second kappa shape index (κ2) is 12.8. The van der Waals surface area contributed by atoms with E-state index in [0.29, 0.717) is 33.3 Å². The van der Waals surface area contributed by atoms with Crippen LogP contribution in [0.5, 0.6) is 5.75 Å². The molecule has 3 N–H and O–H groups in total. The third-order valence-electron chi connectivity index (χ3n) is 5.93. The van der Waals surface area contributed by atoms with Crippen LogP contribution in [0.3, 0.4) is 0 Å². The third-order valence-corrected chi connectivity index (χ3v) is 6.23. The van der Waals surface area contributed by atoms with Crippen LogP contribution in [0, 0.1) is 6.92 Å². The minimum absolute atomic E-state index is 0.129. The second-order valence-corrected chi connectivity index (χ2v) is 9.78. The lowest BCUT2D eigenvalue weighted by molar-refractivity contribution is -0.274. The van der Waals surface area contributed by atoms with E-state index in [2.05, 4.69) is 31.0 Å². The summed E-state index contributed by atoms with van der Waals surface area (Å²) in [7, 11) is 0. The van der Waals surface area contributed by atoms with E-state index in [4.69, 9.17) is 11.6 Å². The minimum Gasteiger partial charge on any atom is -0.406 e. The maximum atomic E-state index is 12.6. The largest absolute Gasteiger partial charge is 0.573 e. The van der Waals surface area contributed by atoms with E-state index in [9.17, 15) is 22.8 Å². The van der Waals surface area contributed by atoms with Gasteiger partial charge in [0.15, 0.2) is 0 Å². The van der Waals surface area contributed by atoms with Crippen LogP contribution in [0.25, 0.3) is 5.69 Å². The van der Waals surface area contributed by atoms with E-state index in [1.807, 2.05) is 38.1 Å². The van der Waals surface area contributed by atoms with Gasteiger partial charge in [-0.25, -0.2) is 14.9 Å². The zero-order valence-corrected chi connectivity index (χ0v) is 23.4. The van der Waals surface area contributed by atoms with Crippen molar-refractivity contribution in [3.05, 3.63) is 100 Å². The van der Waals surface area contributed by atoms with Gasteiger partial charge >= 0.3 is 12.4 Å². The zero-order chi connectivity index (χ0) is 30.4. The molecule has 4 aromatic rings. The fourth-order valence-electron chi connectivity index (χ4n) is 3.93. The van der Waals surface area contributed by atoms with Crippen LogP contribution >= 0.6 is 11.6 Å². The van der Waals surface area contributed by atoms with Crippen molar-refractivity contribution in [1.82, 2.24) is 15.2 Å². The van der Waals surface area contributed by atoms with Crippen molar-refractivity contribution >= 4 is 41.1 Å². The average Bonchev–Trinajstić information content (AvgIpc) is 3.27. The number of carbonyl (C=O) groups is 2. The Balaban J connectivity index is 1.38. The molecule has 0 unspecified atom stereocenters. The number of hydrazone groups is 1. The number of alkyl halides is 3. The van der Waals surface area contributed by atoms with E-state index < -0.39 is 24.1 Å². The molecule has 4 rings (SSSR count). The Morgan fingerprint density at radius 3 is 2.40 bits per heavy atom. The Morgan fingerprint density at radius 1 is 1.02 bits per heavy atom. The normalized spacial score (nSPS) is 11.5. The highest BCUT2D eigenvalue weighted by molar-refractivity contribution is 6.32. The van der Waals surface area contributed by atoms with E-state index in [-0.39, 0.29) is 11.5 Å². The Labute approximate surface area is 244 Å². The van der Waals surface area contributed by atoms with Gasteiger partial charge in [0, 0.05) is 11.3 Å². The highest BCUT2D eigenvalue weighted by Crippen LogP contribution is 2.26. The van der Waals surface area contributed by atoms with Crippen molar-refractivity contribution < 1.29 is 27.5 Å². The predicted octanol–water partition coefficient (Wildman–Crippen LogP) is 7.26. The molecule has 13 heteroatoms. The summed E-state index contributed by atoms with van der Waals surface area (Å²) in [5, 5.41) is 14.2. The number of halogens is 4. The summed E-state index contributed by atoms with van der Waals surface area (Å²) >= 11 is 6.48. The molecule has 0 saturated carbocycles. The molecule has 218 valence electrons.